The molecule has 0 aromatic carbocycles. The molecule has 3 heterocycles. The topological polar surface area (TPSA) is 82.6 Å². The zero-order valence-electron chi connectivity index (χ0n) is 16.4. The summed E-state index contributed by atoms with van der Waals surface area (Å²) in [6.07, 6.45) is 4.17. The van der Waals surface area contributed by atoms with Crippen LogP contribution in [0, 0.1) is 0 Å². The Kier molecular flexibility index (Phi) is 5.35. The minimum atomic E-state index is -4.49. The van der Waals surface area contributed by atoms with E-state index in [1.807, 2.05) is 17.8 Å². The Bertz CT molecular complexity index is 1030. The Morgan fingerprint density at radius 3 is 2.63 bits per heavy atom. The van der Waals surface area contributed by atoms with Gasteiger partial charge in [-0.1, -0.05) is 0 Å². The van der Waals surface area contributed by atoms with Crippen molar-refractivity contribution >= 4 is 11.6 Å². The van der Waals surface area contributed by atoms with E-state index in [4.69, 9.17) is 0 Å². The van der Waals surface area contributed by atoms with Gasteiger partial charge < -0.3 is 5.32 Å². The van der Waals surface area contributed by atoms with Crippen LogP contribution in [-0.2, 0) is 30.6 Å². The van der Waals surface area contributed by atoms with Crippen molar-refractivity contribution in [3.8, 4) is 0 Å². The van der Waals surface area contributed by atoms with E-state index in [1.165, 1.54) is 10.9 Å². The fourth-order valence-electron chi connectivity index (χ4n) is 3.25. The molecule has 1 saturated carbocycles. The van der Waals surface area contributed by atoms with Gasteiger partial charge in [0.1, 0.15) is 0 Å². The summed E-state index contributed by atoms with van der Waals surface area (Å²) in [6, 6.07) is 1.10. The lowest BCUT2D eigenvalue weighted by molar-refractivity contribution is -0.141. The first-order valence-corrected chi connectivity index (χ1v) is 9.80. The molecule has 1 aliphatic carbocycles. The summed E-state index contributed by atoms with van der Waals surface area (Å²) in [4.78, 5) is 12.3. The van der Waals surface area contributed by atoms with E-state index in [0.717, 1.165) is 31.0 Å². The van der Waals surface area contributed by atoms with Crippen LogP contribution in [0.4, 0.5) is 18.9 Å². The zero-order valence-corrected chi connectivity index (χ0v) is 16.4. The number of nitrogens with one attached hydrogen (secondary N) is 1. The van der Waals surface area contributed by atoms with Gasteiger partial charge in [-0.05, 0) is 25.8 Å². The molecule has 0 unspecified atom stereocenters. The van der Waals surface area contributed by atoms with Gasteiger partial charge in [-0.25, -0.2) is 0 Å². The second-order valence-electron chi connectivity index (χ2n) is 7.38. The van der Waals surface area contributed by atoms with Gasteiger partial charge in [0.2, 0.25) is 5.91 Å². The first kappa shape index (κ1) is 20.2. The van der Waals surface area contributed by atoms with Gasteiger partial charge >= 0.3 is 6.18 Å². The molecule has 0 bridgehead atoms. The average Bonchev–Trinajstić information content (AvgIpc) is 3.09. The summed E-state index contributed by atoms with van der Waals surface area (Å²) < 4.78 is 43.7. The van der Waals surface area contributed by atoms with Crippen LogP contribution in [0.3, 0.4) is 0 Å². The van der Waals surface area contributed by atoms with Crippen LogP contribution in [0.2, 0.25) is 0 Å². The Morgan fingerprint density at radius 1 is 1.20 bits per heavy atom. The van der Waals surface area contributed by atoms with Gasteiger partial charge in [0.05, 0.1) is 24.6 Å². The van der Waals surface area contributed by atoms with Crippen molar-refractivity contribution in [1.29, 1.82) is 0 Å². The van der Waals surface area contributed by atoms with Crippen molar-refractivity contribution < 1.29 is 18.0 Å². The zero-order chi connectivity index (χ0) is 21.3. The van der Waals surface area contributed by atoms with Crippen LogP contribution < -0.4 is 5.32 Å². The van der Waals surface area contributed by atoms with Gasteiger partial charge in [0.15, 0.2) is 5.69 Å². The predicted octanol–water partition coefficient (Wildman–Crippen LogP) is 3.27. The average molecular weight is 421 g/mol. The summed E-state index contributed by atoms with van der Waals surface area (Å²) in [5, 5.41) is 14.8. The molecule has 30 heavy (non-hydrogen) atoms. The van der Waals surface area contributed by atoms with E-state index >= 15 is 0 Å². The van der Waals surface area contributed by atoms with Crippen LogP contribution >= 0.6 is 0 Å². The molecule has 4 rings (SSSR count). The third-order valence-electron chi connectivity index (χ3n) is 4.92. The van der Waals surface area contributed by atoms with Crippen molar-refractivity contribution in [2.45, 2.75) is 57.9 Å². The van der Waals surface area contributed by atoms with Gasteiger partial charge in [-0.2, -0.15) is 28.5 Å². The molecule has 0 spiro atoms. The monoisotopic (exact) mass is 421 g/mol. The number of hydrogen-bond acceptors (Lipinski definition) is 4. The first-order valence-electron chi connectivity index (χ1n) is 9.80. The molecule has 3 aromatic rings. The number of rotatable bonds is 8. The summed E-state index contributed by atoms with van der Waals surface area (Å²) in [7, 11) is 0. The number of aryl methyl sites for hydroxylation is 2. The number of anilines is 1. The molecule has 1 aliphatic rings. The quantitative estimate of drug-likeness (QED) is 0.605. The van der Waals surface area contributed by atoms with Crippen molar-refractivity contribution in [3.63, 3.8) is 0 Å². The van der Waals surface area contributed by atoms with E-state index < -0.39 is 11.9 Å². The molecule has 0 aliphatic heterocycles. The minimum absolute atomic E-state index is 0.0210. The highest BCUT2D eigenvalue weighted by Gasteiger charge is 2.37. The third kappa shape index (κ3) is 4.71. The summed E-state index contributed by atoms with van der Waals surface area (Å²) in [5.74, 6) is -0.203. The van der Waals surface area contributed by atoms with E-state index in [-0.39, 0.29) is 24.8 Å². The number of amides is 1. The number of aromatic nitrogens is 6. The normalized spacial score (nSPS) is 14.3. The molecule has 1 amide bonds. The van der Waals surface area contributed by atoms with E-state index in [2.05, 4.69) is 20.6 Å². The van der Waals surface area contributed by atoms with Gasteiger partial charge in [0.25, 0.3) is 0 Å². The van der Waals surface area contributed by atoms with E-state index in [0.29, 0.717) is 17.9 Å². The summed E-state index contributed by atoms with van der Waals surface area (Å²) in [6.45, 7) is 3.40. The van der Waals surface area contributed by atoms with Crippen LogP contribution in [0.25, 0.3) is 0 Å². The van der Waals surface area contributed by atoms with Crippen molar-refractivity contribution in [1.82, 2.24) is 29.3 Å². The largest absolute Gasteiger partial charge is 0.435 e. The molecule has 8 nitrogen and oxygen atoms in total. The maximum Gasteiger partial charge on any atom is 0.435 e. The Morgan fingerprint density at radius 2 is 1.97 bits per heavy atom. The molecule has 11 heteroatoms. The third-order valence-corrected chi connectivity index (χ3v) is 4.92. The lowest BCUT2D eigenvalue weighted by Gasteiger charge is -2.07. The van der Waals surface area contributed by atoms with Gasteiger partial charge in [-0.15, -0.1) is 0 Å². The first-order chi connectivity index (χ1) is 14.3. The number of hydrogen-bond donors (Lipinski definition) is 1. The van der Waals surface area contributed by atoms with Gasteiger partial charge in [-0.3, -0.25) is 18.8 Å². The Hall–Kier alpha value is -3.11. The SMILES string of the molecule is CCn1cc(Cn2cc(NC(=O)CCn3nc(C(F)(F)F)cc3C3CC3)cn2)cn1. The minimum Gasteiger partial charge on any atom is -0.323 e. The number of halogens is 3. The number of nitrogens with zero attached hydrogens (tertiary/aromatic N) is 6. The maximum atomic E-state index is 13.0. The predicted molar refractivity (Wildman–Crippen MR) is 102 cm³/mol. The van der Waals surface area contributed by atoms with Crippen molar-refractivity contribution in [3.05, 3.63) is 47.8 Å². The lowest BCUT2D eigenvalue weighted by Crippen LogP contribution is -2.16. The number of carbonyl (C=O) groups excluding carboxylic acids is 1. The summed E-state index contributed by atoms with van der Waals surface area (Å²) >= 11 is 0. The molecule has 1 fully saturated rings. The highest BCUT2D eigenvalue weighted by Crippen LogP contribution is 2.42. The second-order valence-corrected chi connectivity index (χ2v) is 7.38. The number of alkyl halides is 3. The molecular formula is C19H22F3N7O. The van der Waals surface area contributed by atoms with E-state index in [1.54, 1.807) is 17.1 Å². The second kappa shape index (κ2) is 7.96. The highest BCUT2D eigenvalue weighted by molar-refractivity contribution is 5.90. The molecule has 1 N–H and O–H groups in total. The number of carbonyl (C=O) groups is 1. The summed E-state index contributed by atoms with van der Waals surface area (Å²) in [5.41, 5.74) is 1.17. The standard InChI is InChI=1S/C19H22F3N7O/c1-2-27-10-13(8-23-27)11-28-12-15(9-24-28)25-18(30)5-6-29-16(14-3-4-14)7-17(26-29)19(20,21)22/h7-10,12,14H,2-6,11H2,1H3,(H,25,30). The van der Waals surface area contributed by atoms with E-state index in [9.17, 15) is 18.0 Å². The smallest absolute Gasteiger partial charge is 0.323 e. The fraction of sp³-hybridized carbons (Fsp3) is 0.474. The van der Waals surface area contributed by atoms with Crippen LogP contribution in [0.15, 0.2) is 30.9 Å². The molecule has 0 saturated heterocycles. The molecule has 160 valence electrons. The lowest BCUT2D eigenvalue weighted by atomic mass is 10.2. The Balaban J connectivity index is 1.33. The van der Waals surface area contributed by atoms with Crippen LogP contribution in [-0.4, -0.2) is 35.2 Å². The molecule has 0 atom stereocenters. The highest BCUT2D eigenvalue weighted by atomic mass is 19.4. The fourth-order valence-corrected chi connectivity index (χ4v) is 3.25. The Labute approximate surface area is 170 Å². The molecular weight excluding hydrogens is 399 g/mol. The van der Waals surface area contributed by atoms with Crippen LogP contribution in [0.1, 0.15) is 49.1 Å². The van der Waals surface area contributed by atoms with Crippen molar-refractivity contribution in [2.24, 2.45) is 0 Å². The van der Waals surface area contributed by atoms with Gasteiger partial charge in [0, 0.05) is 49.1 Å². The van der Waals surface area contributed by atoms with Crippen LogP contribution in [0.5, 0.6) is 0 Å². The van der Waals surface area contributed by atoms with Crippen molar-refractivity contribution in [2.75, 3.05) is 5.32 Å². The maximum absolute atomic E-state index is 13.0. The molecule has 3 aromatic heterocycles. The molecule has 0 radical (unpaired) electrons.